The summed E-state index contributed by atoms with van der Waals surface area (Å²) in [6.07, 6.45) is 0.821. The zero-order valence-electron chi connectivity index (χ0n) is 17.8. The maximum atomic E-state index is 12.7. The van der Waals surface area contributed by atoms with Crippen LogP contribution in [0.4, 0.5) is 5.69 Å². The molecule has 0 aliphatic heterocycles. The molecule has 0 aliphatic rings. The minimum absolute atomic E-state index is 0.0829. The quantitative estimate of drug-likeness (QED) is 0.455. The number of hydrogen-bond acceptors (Lipinski definition) is 6. The lowest BCUT2D eigenvalue weighted by Gasteiger charge is -2.10. The van der Waals surface area contributed by atoms with Crippen LogP contribution >= 0.6 is 11.3 Å². The molecule has 3 rings (SSSR count). The Morgan fingerprint density at radius 1 is 1.00 bits per heavy atom. The van der Waals surface area contributed by atoms with E-state index in [1.807, 2.05) is 13.8 Å². The van der Waals surface area contributed by atoms with Gasteiger partial charge in [0.05, 0.1) is 16.9 Å². The minimum atomic E-state index is -3.92. The van der Waals surface area contributed by atoms with Crippen molar-refractivity contribution in [3.63, 3.8) is 0 Å². The van der Waals surface area contributed by atoms with Crippen molar-refractivity contribution in [1.29, 1.82) is 0 Å². The zero-order chi connectivity index (χ0) is 23.3. The Morgan fingerprint density at radius 3 is 2.31 bits per heavy atom. The van der Waals surface area contributed by atoms with Gasteiger partial charge in [0.2, 0.25) is 0 Å². The largest absolute Gasteiger partial charge is 0.497 e. The van der Waals surface area contributed by atoms with E-state index in [1.165, 1.54) is 42.7 Å². The van der Waals surface area contributed by atoms with Crippen LogP contribution < -0.4 is 20.3 Å². The monoisotopic (exact) mass is 473 g/mol. The van der Waals surface area contributed by atoms with Gasteiger partial charge in [-0.3, -0.25) is 25.2 Å². The minimum Gasteiger partial charge on any atom is -0.497 e. The molecular weight excluding hydrogens is 450 g/mol. The van der Waals surface area contributed by atoms with Crippen molar-refractivity contribution in [2.24, 2.45) is 0 Å². The number of carbonyl (C=O) groups is 2. The first-order chi connectivity index (χ1) is 15.2. The van der Waals surface area contributed by atoms with E-state index in [0.717, 1.165) is 16.9 Å². The predicted molar refractivity (Wildman–Crippen MR) is 124 cm³/mol. The van der Waals surface area contributed by atoms with E-state index in [2.05, 4.69) is 15.6 Å². The van der Waals surface area contributed by atoms with Crippen LogP contribution in [0.25, 0.3) is 0 Å². The van der Waals surface area contributed by atoms with Crippen LogP contribution in [-0.2, 0) is 16.4 Å². The highest BCUT2D eigenvalue weighted by molar-refractivity contribution is 7.92. The van der Waals surface area contributed by atoms with Crippen molar-refractivity contribution in [3.05, 3.63) is 75.5 Å². The van der Waals surface area contributed by atoms with Gasteiger partial charge in [-0.1, -0.05) is 13.0 Å². The second-order valence-electron chi connectivity index (χ2n) is 6.84. The molecular formula is C22H23N3O5S2. The number of rotatable bonds is 7. The molecule has 0 atom stereocenters. The number of sulfonamides is 1. The number of anilines is 1. The van der Waals surface area contributed by atoms with Gasteiger partial charge in [0.15, 0.2) is 0 Å². The van der Waals surface area contributed by atoms with Gasteiger partial charge < -0.3 is 4.74 Å². The van der Waals surface area contributed by atoms with Crippen molar-refractivity contribution >= 4 is 38.9 Å². The second-order valence-corrected chi connectivity index (χ2v) is 9.66. The standard InChI is InChI=1S/C22H23N3O5S2/c1-4-19-14(2)12-20(31-19)22(27)24-23-21(26)15-6-5-7-18(13-15)32(28,29)25-16-8-10-17(30-3)11-9-16/h5-13,25H,4H2,1-3H3,(H,23,26)(H,24,27). The fourth-order valence-electron chi connectivity index (χ4n) is 2.91. The maximum Gasteiger partial charge on any atom is 0.279 e. The predicted octanol–water partition coefficient (Wildman–Crippen LogP) is 3.50. The number of methoxy groups -OCH3 is 1. The average Bonchev–Trinajstić information content (AvgIpc) is 3.18. The lowest BCUT2D eigenvalue weighted by atomic mass is 10.2. The summed E-state index contributed by atoms with van der Waals surface area (Å²) in [6.45, 7) is 3.93. The van der Waals surface area contributed by atoms with E-state index in [0.29, 0.717) is 16.3 Å². The SMILES string of the molecule is CCc1sc(C(=O)NNC(=O)c2cccc(S(=O)(=O)Nc3ccc(OC)cc3)c2)cc1C. The van der Waals surface area contributed by atoms with Gasteiger partial charge in [-0.15, -0.1) is 11.3 Å². The van der Waals surface area contributed by atoms with E-state index >= 15 is 0 Å². The van der Waals surface area contributed by atoms with Crippen molar-refractivity contribution < 1.29 is 22.7 Å². The molecule has 168 valence electrons. The molecule has 0 spiro atoms. The van der Waals surface area contributed by atoms with E-state index < -0.39 is 21.8 Å². The molecule has 1 aromatic heterocycles. The number of hydrazine groups is 1. The summed E-state index contributed by atoms with van der Waals surface area (Å²) < 4.78 is 32.9. The van der Waals surface area contributed by atoms with Crippen molar-refractivity contribution in [2.45, 2.75) is 25.2 Å². The molecule has 8 nitrogen and oxygen atoms in total. The third kappa shape index (κ3) is 5.45. The number of benzene rings is 2. The van der Waals surface area contributed by atoms with Crippen LogP contribution in [0.5, 0.6) is 5.75 Å². The van der Waals surface area contributed by atoms with Crippen LogP contribution in [-0.4, -0.2) is 27.3 Å². The topological polar surface area (TPSA) is 114 Å². The summed E-state index contributed by atoms with van der Waals surface area (Å²) in [5.74, 6) is -0.475. The van der Waals surface area contributed by atoms with Gasteiger partial charge in [-0.05, 0) is 67.4 Å². The summed E-state index contributed by atoms with van der Waals surface area (Å²) in [7, 11) is -2.41. The highest BCUT2D eigenvalue weighted by Gasteiger charge is 2.18. The normalized spacial score (nSPS) is 11.0. The average molecular weight is 474 g/mol. The first kappa shape index (κ1) is 23.3. The van der Waals surface area contributed by atoms with Gasteiger partial charge in [0.25, 0.3) is 21.8 Å². The summed E-state index contributed by atoms with van der Waals surface area (Å²) in [5, 5.41) is 0. The zero-order valence-corrected chi connectivity index (χ0v) is 19.4. The van der Waals surface area contributed by atoms with E-state index in [9.17, 15) is 18.0 Å². The Kier molecular flexibility index (Phi) is 7.16. The fourth-order valence-corrected chi connectivity index (χ4v) is 5.02. The van der Waals surface area contributed by atoms with Crippen molar-refractivity contribution in [3.8, 4) is 5.75 Å². The molecule has 10 heteroatoms. The molecule has 3 N–H and O–H groups in total. The van der Waals surface area contributed by atoms with Gasteiger partial charge in [-0.25, -0.2) is 8.42 Å². The van der Waals surface area contributed by atoms with Gasteiger partial charge >= 0.3 is 0 Å². The molecule has 0 saturated heterocycles. The van der Waals surface area contributed by atoms with E-state index in [1.54, 1.807) is 30.3 Å². The molecule has 0 unspecified atom stereocenters. The Balaban J connectivity index is 1.68. The number of thiophene rings is 1. The summed E-state index contributed by atoms with van der Waals surface area (Å²) >= 11 is 1.37. The first-order valence-corrected chi connectivity index (χ1v) is 12.0. The first-order valence-electron chi connectivity index (χ1n) is 9.70. The van der Waals surface area contributed by atoms with Crippen LogP contribution in [0.3, 0.4) is 0 Å². The van der Waals surface area contributed by atoms with E-state index in [4.69, 9.17) is 4.74 Å². The molecule has 0 aliphatic carbocycles. The van der Waals surface area contributed by atoms with Crippen LogP contribution in [0, 0.1) is 6.92 Å². The van der Waals surface area contributed by atoms with Gasteiger partial charge in [-0.2, -0.15) is 0 Å². The lowest BCUT2D eigenvalue weighted by molar-refractivity contribution is 0.0848. The molecule has 2 amide bonds. The number of nitrogens with one attached hydrogen (secondary N) is 3. The Hall–Kier alpha value is -3.37. The molecule has 0 radical (unpaired) electrons. The maximum absolute atomic E-state index is 12.7. The molecule has 3 aromatic rings. The third-order valence-corrected chi connectivity index (χ3v) is 7.36. The number of amides is 2. The van der Waals surface area contributed by atoms with Crippen LogP contribution in [0.1, 0.15) is 37.4 Å². The number of carbonyl (C=O) groups excluding carboxylic acids is 2. The van der Waals surface area contributed by atoms with Gasteiger partial charge in [0, 0.05) is 16.1 Å². The molecule has 32 heavy (non-hydrogen) atoms. The Morgan fingerprint density at radius 2 is 1.69 bits per heavy atom. The molecule has 0 saturated carbocycles. The number of hydrogen-bond donors (Lipinski definition) is 3. The molecule has 0 fully saturated rings. The fraction of sp³-hybridized carbons (Fsp3) is 0.182. The van der Waals surface area contributed by atoms with Crippen molar-refractivity contribution in [1.82, 2.24) is 10.9 Å². The van der Waals surface area contributed by atoms with Crippen LogP contribution in [0.2, 0.25) is 0 Å². The molecule has 2 aromatic carbocycles. The lowest BCUT2D eigenvalue weighted by Crippen LogP contribution is -2.41. The Labute approximate surface area is 190 Å². The molecule has 1 heterocycles. The van der Waals surface area contributed by atoms with E-state index in [-0.39, 0.29) is 10.5 Å². The number of aryl methyl sites for hydroxylation is 2. The molecule has 0 bridgehead atoms. The van der Waals surface area contributed by atoms with Crippen molar-refractivity contribution in [2.75, 3.05) is 11.8 Å². The number of ether oxygens (including phenoxy) is 1. The van der Waals surface area contributed by atoms with Crippen LogP contribution in [0.15, 0.2) is 59.5 Å². The third-order valence-electron chi connectivity index (χ3n) is 4.60. The summed E-state index contributed by atoms with van der Waals surface area (Å²) in [4.78, 5) is 26.3. The second kappa shape index (κ2) is 9.84. The smallest absolute Gasteiger partial charge is 0.279 e. The summed E-state index contributed by atoms with van der Waals surface area (Å²) in [5.41, 5.74) is 6.15. The Bertz CT molecular complexity index is 1230. The highest BCUT2D eigenvalue weighted by atomic mass is 32.2. The van der Waals surface area contributed by atoms with Gasteiger partial charge in [0.1, 0.15) is 5.75 Å². The summed E-state index contributed by atoms with van der Waals surface area (Å²) in [6, 6.07) is 13.7. The highest BCUT2D eigenvalue weighted by Crippen LogP contribution is 2.22.